The van der Waals surface area contributed by atoms with Crippen LogP contribution in [0.2, 0.25) is 0 Å². The molecule has 0 amide bonds. The molecule has 20 heteroatoms. The first-order valence-corrected chi connectivity index (χ1v) is 9.36. The van der Waals surface area contributed by atoms with Crippen LogP contribution in [-0.4, -0.2) is 91.2 Å². The highest BCUT2D eigenvalue weighted by molar-refractivity contribution is 5.00. The van der Waals surface area contributed by atoms with Gasteiger partial charge in [-0.2, -0.15) is 52.7 Å². The zero-order chi connectivity index (χ0) is 28.9. The van der Waals surface area contributed by atoms with E-state index in [-0.39, 0.29) is 13.8 Å². The van der Waals surface area contributed by atoms with Crippen molar-refractivity contribution in [3.8, 4) is 0 Å². The van der Waals surface area contributed by atoms with Gasteiger partial charge in [-0.1, -0.05) is 0 Å². The fourth-order valence-corrected chi connectivity index (χ4v) is 3.16. The Morgan fingerprint density at radius 1 is 0.639 bits per heavy atom. The van der Waals surface area contributed by atoms with Crippen molar-refractivity contribution in [2.45, 2.75) is 87.0 Å². The lowest BCUT2D eigenvalue weighted by Crippen LogP contribution is -2.68. The van der Waals surface area contributed by atoms with Crippen molar-refractivity contribution in [3.63, 3.8) is 0 Å². The minimum absolute atomic E-state index is 0.110. The Labute approximate surface area is 190 Å². The quantitative estimate of drug-likeness (QED) is 0.343. The SMILES string of the molecule is CC(OC(C)C(F)(F)C(N1CC(C(F)(F)F)OC(C(F)(F)F)C1)C(F)(F)F)C(F)(F)C(F)C(F)(F)F. The van der Waals surface area contributed by atoms with Gasteiger partial charge in [-0.15, -0.1) is 0 Å². The van der Waals surface area contributed by atoms with Crippen LogP contribution in [0.25, 0.3) is 0 Å². The van der Waals surface area contributed by atoms with Crippen molar-refractivity contribution in [1.82, 2.24) is 4.90 Å². The van der Waals surface area contributed by atoms with Gasteiger partial charge in [0.25, 0.3) is 12.1 Å². The molecule has 0 radical (unpaired) electrons. The summed E-state index contributed by atoms with van der Waals surface area (Å²) in [5.41, 5.74) is 0. The largest absolute Gasteiger partial charge is 0.425 e. The number of hydrogen-bond acceptors (Lipinski definition) is 3. The van der Waals surface area contributed by atoms with E-state index in [0.717, 1.165) is 0 Å². The van der Waals surface area contributed by atoms with Crippen LogP contribution in [0.15, 0.2) is 0 Å². The number of hydrogen-bond donors (Lipinski definition) is 0. The second-order valence-corrected chi connectivity index (χ2v) is 7.77. The molecule has 3 nitrogen and oxygen atoms in total. The molecule has 0 aromatic heterocycles. The molecule has 1 heterocycles. The van der Waals surface area contributed by atoms with Gasteiger partial charge in [0, 0.05) is 13.1 Å². The predicted molar refractivity (Wildman–Crippen MR) is 83.0 cm³/mol. The molecule has 1 saturated heterocycles. The van der Waals surface area contributed by atoms with E-state index < -0.39 is 91.2 Å². The van der Waals surface area contributed by atoms with Gasteiger partial charge >= 0.3 is 30.6 Å². The highest BCUT2D eigenvalue weighted by atomic mass is 19.4. The van der Waals surface area contributed by atoms with Crippen molar-refractivity contribution in [1.29, 1.82) is 0 Å². The van der Waals surface area contributed by atoms with Crippen LogP contribution < -0.4 is 0 Å². The number of halogens is 17. The first-order chi connectivity index (χ1) is 15.6. The highest BCUT2D eigenvalue weighted by Gasteiger charge is 2.66. The van der Waals surface area contributed by atoms with E-state index in [0.29, 0.717) is 0 Å². The van der Waals surface area contributed by atoms with Crippen LogP contribution >= 0.6 is 0 Å². The first-order valence-electron chi connectivity index (χ1n) is 9.36. The number of nitrogens with zero attached hydrogens (tertiary/aromatic N) is 1. The maximum atomic E-state index is 14.7. The summed E-state index contributed by atoms with van der Waals surface area (Å²) in [5, 5.41) is 0. The topological polar surface area (TPSA) is 21.7 Å². The summed E-state index contributed by atoms with van der Waals surface area (Å²) < 4.78 is 232. The van der Waals surface area contributed by atoms with Crippen LogP contribution in [0.1, 0.15) is 13.8 Å². The van der Waals surface area contributed by atoms with Crippen molar-refractivity contribution in [3.05, 3.63) is 0 Å². The predicted octanol–water partition coefficient (Wildman–Crippen LogP) is 6.08. The Balaban J connectivity index is 3.37. The van der Waals surface area contributed by atoms with Crippen molar-refractivity contribution in [2.24, 2.45) is 0 Å². The third-order valence-electron chi connectivity index (χ3n) is 5.02. The van der Waals surface area contributed by atoms with E-state index in [1.165, 1.54) is 0 Å². The summed E-state index contributed by atoms with van der Waals surface area (Å²) in [4.78, 5) is -0.990. The van der Waals surface area contributed by atoms with E-state index in [1.54, 1.807) is 0 Å². The van der Waals surface area contributed by atoms with Crippen LogP contribution in [0.4, 0.5) is 74.6 Å². The molecule has 0 aromatic carbocycles. The van der Waals surface area contributed by atoms with E-state index in [4.69, 9.17) is 0 Å². The number of morpholine rings is 1. The molecule has 36 heavy (non-hydrogen) atoms. The van der Waals surface area contributed by atoms with Gasteiger partial charge < -0.3 is 9.47 Å². The van der Waals surface area contributed by atoms with Crippen molar-refractivity contribution < 1.29 is 84.1 Å². The Bertz CT molecular complexity index is 706. The summed E-state index contributed by atoms with van der Waals surface area (Å²) >= 11 is 0. The third kappa shape index (κ3) is 7.38. The molecule has 216 valence electrons. The molecule has 1 rings (SSSR count). The molecule has 0 N–H and O–H groups in total. The number of alkyl halides is 17. The summed E-state index contributed by atoms with van der Waals surface area (Å²) in [6.45, 7) is -4.65. The van der Waals surface area contributed by atoms with E-state index in [9.17, 15) is 74.6 Å². The van der Waals surface area contributed by atoms with Crippen molar-refractivity contribution >= 4 is 0 Å². The second-order valence-electron chi connectivity index (χ2n) is 7.77. The normalized spacial score (nSPS) is 25.4. The average Bonchev–Trinajstić information content (AvgIpc) is 2.63. The smallest absolute Gasteiger partial charge is 0.363 e. The van der Waals surface area contributed by atoms with Gasteiger partial charge in [0.1, 0.15) is 12.2 Å². The summed E-state index contributed by atoms with van der Waals surface area (Å²) in [6, 6.07) is -4.54. The lowest BCUT2D eigenvalue weighted by Gasteiger charge is -2.46. The van der Waals surface area contributed by atoms with E-state index in [2.05, 4.69) is 9.47 Å². The van der Waals surface area contributed by atoms with Gasteiger partial charge in [-0.05, 0) is 13.8 Å². The molecule has 1 aliphatic heterocycles. The van der Waals surface area contributed by atoms with Crippen LogP contribution in [0.3, 0.4) is 0 Å². The average molecular weight is 577 g/mol. The molecule has 0 aromatic rings. The number of rotatable bonds is 7. The molecule has 6 unspecified atom stereocenters. The van der Waals surface area contributed by atoms with Gasteiger partial charge in [-0.25, -0.2) is 22.0 Å². The maximum Gasteiger partial charge on any atom is 0.425 e. The Kier molecular flexibility index (Phi) is 9.18. The third-order valence-corrected chi connectivity index (χ3v) is 5.02. The maximum absolute atomic E-state index is 14.7. The molecule has 6 atom stereocenters. The van der Waals surface area contributed by atoms with Crippen LogP contribution in [-0.2, 0) is 9.47 Å². The molecule has 0 saturated carbocycles. The minimum Gasteiger partial charge on any atom is -0.363 e. The molecule has 1 aliphatic rings. The molecule has 0 bridgehead atoms. The summed E-state index contributed by atoms with van der Waals surface area (Å²) in [6.07, 6.45) is -43.4. The van der Waals surface area contributed by atoms with Gasteiger partial charge in [0.05, 0.1) is 0 Å². The van der Waals surface area contributed by atoms with Crippen LogP contribution in [0.5, 0.6) is 0 Å². The number of ether oxygens (including phenoxy) is 2. The molecular weight excluding hydrogens is 561 g/mol. The van der Waals surface area contributed by atoms with E-state index >= 15 is 0 Å². The zero-order valence-corrected chi connectivity index (χ0v) is 17.6. The van der Waals surface area contributed by atoms with E-state index in [1.807, 2.05) is 0 Å². The van der Waals surface area contributed by atoms with Gasteiger partial charge in [0.15, 0.2) is 18.2 Å². The fraction of sp³-hybridized carbons (Fsp3) is 1.00. The summed E-state index contributed by atoms with van der Waals surface area (Å²) in [5.74, 6) is -11.3. The lowest BCUT2D eigenvalue weighted by atomic mass is 9.99. The lowest BCUT2D eigenvalue weighted by molar-refractivity contribution is -0.338. The fourth-order valence-electron chi connectivity index (χ4n) is 3.16. The Morgan fingerprint density at radius 3 is 1.31 bits per heavy atom. The monoisotopic (exact) mass is 577 g/mol. The molecule has 0 aliphatic carbocycles. The Hall–Kier alpha value is -1.31. The molecule has 1 fully saturated rings. The van der Waals surface area contributed by atoms with Gasteiger partial charge in [0.2, 0.25) is 0 Å². The molecule has 0 spiro atoms. The minimum atomic E-state index is -6.33. The first kappa shape index (κ1) is 32.7. The van der Waals surface area contributed by atoms with Crippen molar-refractivity contribution in [2.75, 3.05) is 13.1 Å². The Morgan fingerprint density at radius 2 is 1.00 bits per heavy atom. The zero-order valence-electron chi connectivity index (χ0n) is 17.6. The standard InChI is InChI=1S/C16H16F17NO2/c1-5(11(18,19)9(17)15(28,29)30)35-6(2)12(20,21)10(16(31,32)33)34-3-7(13(22,23)24)36-8(4-34)14(25,26)27/h5-10H,3-4H2,1-2H3. The second kappa shape index (κ2) is 10.1. The molecular formula is C16H16F17NO2. The van der Waals surface area contributed by atoms with Crippen LogP contribution in [0, 0.1) is 0 Å². The summed E-state index contributed by atoms with van der Waals surface area (Å²) in [7, 11) is 0. The van der Waals surface area contributed by atoms with Gasteiger partial charge in [-0.3, -0.25) is 4.90 Å². The highest BCUT2D eigenvalue weighted by Crippen LogP contribution is 2.45.